The number of nitrogens with two attached hydrogens (primary N) is 1. The molecule has 8 heteroatoms. The molecule has 1 aromatic rings. The Morgan fingerprint density at radius 2 is 2.20 bits per heavy atom. The third-order valence-electron chi connectivity index (χ3n) is 2.22. The Hall–Kier alpha value is -0.570. The molecule has 1 aliphatic heterocycles. The third kappa shape index (κ3) is 2.94. The first-order valence-electron chi connectivity index (χ1n) is 4.64. The molecule has 15 heavy (non-hydrogen) atoms. The molecule has 0 radical (unpaired) electrons. The summed E-state index contributed by atoms with van der Waals surface area (Å²) in [7, 11) is -0.622. The predicted molar refractivity (Wildman–Crippen MR) is 60.9 cm³/mol. The Bertz CT molecular complexity index is 345. The van der Waals surface area contributed by atoms with Crippen LogP contribution in [0.2, 0.25) is 0 Å². The van der Waals surface area contributed by atoms with Crippen LogP contribution in [0, 0.1) is 0 Å². The zero-order chi connectivity index (χ0) is 10.7. The molecule has 0 aromatic carbocycles. The number of anilines is 1. The van der Waals surface area contributed by atoms with Crippen molar-refractivity contribution in [2.45, 2.75) is 6.54 Å². The van der Waals surface area contributed by atoms with Crippen LogP contribution in [-0.2, 0) is 17.3 Å². The average Bonchev–Trinajstić information content (AvgIpc) is 2.69. The van der Waals surface area contributed by atoms with Gasteiger partial charge < -0.3 is 0 Å². The molecule has 0 spiro atoms. The van der Waals surface area contributed by atoms with Crippen molar-refractivity contribution in [2.24, 2.45) is 5.84 Å². The summed E-state index contributed by atoms with van der Waals surface area (Å²) < 4.78 is 11.1. The maximum atomic E-state index is 11.1. The van der Waals surface area contributed by atoms with Crippen LogP contribution in [0.3, 0.4) is 0 Å². The maximum Gasteiger partial charge on any atom is 0.219 e. The number of hydrogen-bond donors (Lipinski definition) is 2. The van der Waals surface area contributed by atoms with Crippen molar-refractivity contribution in [1.29, 1.82) is 0 Å². The summed E-state index contributed by atoms with van der Waals surface area (Å²) >= 11 is 1.45. The zero-order valence-corrected chi connectivity index (χ0v) is 9.81. The molecule has 1 aromatic heterocycles. The molecule has 0 bridgehead atoms. The van der Waals surface area contributed by atoms with Gasteiger partial charge in [-0.2, -0.15) is 0 Å². The molecule has 6 nitrogen and oxygen atoms in total. The second kappa shape index (κ2) is 4.97. The van der Waals surface area contributed by atoms with Crippen molar-refractivity contribution in [1.82, 2.24) is 15.1 Å². The highest BCUT2D eigenvalue weighted by atomic mass is 32.2. The van der Waals surface area contributed by atoms with E-state index in [0.717, 1.165) is 36.1 Å². The van der Waals surface area contributed by atoms with E-state index in [1.165, 1.54) is 11.3 Å². The van der Waals surface area contributed by atoms with Crippen molar-refractivity contribution in [3.05, 3.63) is 5.01 Å². The van der Waals surface area contributed by atoms with Gasteiger partial charge in [-0.05, 0) is 0 Å². The molecule has 0 unspecified atom stereocenters. The lowest BCUT2D eigenvalue weighted by molar-refractivity contribution is 0.290. The highest BCUT2D eigenvalue weighted by Gasteiger charge is 2.16. The number of rotatable bonds is 3. The summed E-state index contributed by atoms with van der Waals surface area (Å²) in [4.78, 5) is 2.24. The Kier molecular flexibility index (Phi) is 3.62. The fourth-order valence-corrected chi connectivity index (χ4v) is 3.22. The van der Waals surface area contributed by atoms with E-state index in [2.05, 4.69) is 20.5 Å². The van der Waals surface area contributed by atoms with E-state index < -0.39 is 10.8 Å². The third-order valence-corrected chi connectivity index (χ3v) is 4.33. The number of aromatic nitrogens is 2. The number of nitrogen functional groups attached to an aromatic ring is 1. The summed E-state index contributed by atoms with van der Waals surface area (Å²) in [5.74, 6) is 6.75. The van der Waals surface area contributed by atoms with Gasteiger partial charge in [0, 0.05) is 35.4 Å². The molecule has 0 aliphatic carbocycles. The summed E-state index contributed by atoms with van der Waals surface area (Å²) in [5.41, 5.74) is 2.47. The summed E-state index contributed by atoms with van der Waals surface area (Å²) in [5, 5.41) is 9.44. The molecule has 3 N–H and O–H groups in total. The van der Waals surface area contributed by atoms with Gasteiger partial charge in [0.15, 0.2) is 0 Å². The average molecular weight is 247 g/mol. The lowest BCUT2D eigenvalue weighted by Gasteiger charge is -2.24. The van der Waals surface area contributed by atoms with Crippen molar-refractivity contribution in [2.75, 3.05) is 30.0 Å². The Balaban J connectivity index is 1.88. The van der Waals surface area contributed by atoms with Gasteiger partial charge in [-0.25, -0.2) is 5.84 Å². The predicted octanol–water partition coefficient (Wildman–Crippen LogP) is -0.612. The quantitative estimate of drug-likeness (QED) is 0.547. The van der Waals surface area contributed by atoms with Crippen molar-refractivity contribution >= 4 is 27.3 Å². The number of hydrazine groups is 1. The topological polar surface area (TPSA) is 84.1 Å². The largest absolute Gasteiger partial charge is 0.298 e. The molecule has 84 valence electrons. The van der Waals surface area contributed by atoms with Crippen molar-refractivity contribution in [3.8, 4) is 0 Å². The first-order valence-corrected chi connectivity index (χ1v) is 6.94. The zero-order valence-electron chi connectivity index (χ0n) is 8.18. The smallest absolute Gasteiger partial charge is 0.219 e. The second-order valence-corrected chi connectivity index (χ2v) is 6.03. The van der Waals surface area contributed by atoms with Gasteiger partial charge in [-0.3, -0.25) is 14.5 Å². The van der Waals surface area contributed by atoms with E-state index >= 15 is 0 Å². The lowest BCUT2D eigenvalue weighted by Crippen LogP contribution is -2.37. The minimum absolute atomic E-state index is 0.622. The molecule has 1 aliphatic rings. The first-order chi connectivity index (χ1) is 7.28. The van der Waals surface area contributed by atoms with E-state index in [-0.39, 0.29) is 0 Å². The molecule has 0 atom stereocenters. The van der Waals surface area contributed by atoms with Crippen LogP contribution in [0.15, 0.2) is 0 Å². The van der Waals surface area contributed by atoms with E-state index in [0.29, 0.717) is 5.13 Å². The van der Waals surface area contributed by atoms with Gasteiger partial charge in [0.2, 0.25) is 5.13 Å². The van der Waals surface area contributed by atoms with Gasteiger partial charge in [-0.1, -0.05) is 11.3 Å². The van der Waals surface area contributed by atoms with Gasteiger partial charge >= 0.3 is 0 Å². The number of nitrogens with zero attached hydrogens (tertiary/aromatic N) is 3. The Labute approximate surface area is 94.3 Å². The summed E-state index contributed by atoms with van der Waals surface area (Å²) in [6.07, 6.45) is 0. The molecule has 1 saturated heterocycles. The molecule has 2 rings (SSSR count). The van der Waals surface area contributed by atoms with Crippen LogP contribution >= 0.6 is 11.3 Å². The fourth-order valence-electron chi connectivity index (χ4n) is 1.40. The Morgan fingerprint density at radius 1 is 1.47 bits per heavy atom. The molecule has 0 saturated carbocycles. The lowest BCUT2D eigenvalue weighted by atomic mass is 10.5. The number of hydrogen-bond acceptors (Lipinski definition) is 7. The van der Waals surface area contributed by atoms with Gasteiger partial charge in [0.1, 0.15) is 5.01 Å². The highest BCUT2D eigenvalue weighted by molar-refractivity contribution is 7.85. The molecular formula is C7H13N5OS2. The first kappa shape index (κ1) is 10.9. The second-order valence-electron chi connectivity index (χ2n) is 3.27. The SMILES string of the molecule is NNc1nnc(CN2CCS(=O)CC2)s1. The molecule has 1 fully saturated rings. The van der Waals surface area contributed by atoms with Crippen molar-refractivity contribution in [3.63, 3.8) is 0 Å². The molecule has 2 heterocycles. The summed E-state index contributed by atoms with van der Waals surface area (Å²) in [6, 6.07) is 0. The van der Waals surface area contributed by atoms with E-state index in [1.54, 1.807) is 0 Å². The van der Waals surface area contributed by atoms with Gasteiger partial charge in [-0.15, -0.1) is 10.2 Å². The standard InChI is InChI=1S/C7H13N5OS2/c8-9-7-11-10-6(14-7)5-12-1-3-15(13)4-2-12/h1-5,8H2,(H,9,11). The monoisotopic (exact) mass is 247 g/mol. The summed E-state index contributed by atoms with van der Waals surface area (Å²) in [6.45, 7) is 2.52. The van der Waals surface area contributed by atoms with Crippen LogP contribution in [0.5, 0.6) is 0 Å². The highest BCUT2D eigenvalue weighted by Crippen LogP contribution is 2.16. The maximum absolute atomic E-state index is 11.1. The van der Waals surface area contributed by atoms with E-state index in [1.807, 2.05) is 0 Å². The van der Waals surface area contributed by atoms with Crippen LogP contribution < -0.4 is 11.3 Å². The molecular weight excluding hydrogens is 234 g/mol. The van der Waals surface area contributed by atoms with Crippen LogP contribution in [-0.4, -0.2) is 43.9 Å². The normalized spacial score (nSPS) is 19.3. The van der Waals surface area contributed by atoms with Crippen LogP contribution in [0.4, 0.5) is 5.13 Å². The van der Waals surface area contributed by atoms with E-state index in [9.17, 15) is 4.21 Å². The van der Waals surface area contributed by atoms with Crippen LogP contribution in [0.25, 0.3) is 0 Å². The molecule has 0 amide bonds. The minimum Gasteiger partial charge on any atom is -0.298 e. The van der Waals surface area contributed by atoms with Gasteiger partial charge in [0.25, 0.3) is 0 Å². The van der Waals surface area contributed by atoms with Crippen LogP contribution in [0.1, 0.15) is 5.01 Å². The Morgan fingerprint density at radius 3 is 2.80 bits per heavy atom. The number of nitrogens with one attached hydrogen (secondary N) is 1. The minimum atomic E-state index is -0.622. The van der Waals surface area contributed by atoms with E-state index in [4.69, 9.17) is 5.84 Å². The van der Waals surface area contributed by atoms with Gasteiger partial charge in [0.05, 0.1) is 6.54 Å². The van der Waals surface area contributed by atoms with Crippen molar-refractivity contribution < 1.29 is 4.21 Å². The fraction of sp³-hybridized carbons (Fsp3) is 0.714.